The fraction of sp³-hybridized carbons (Fsp3) is 0.250. The zero-order valence-electron chi connectivity index (χ0n) is 6.47. The van der Waals surface area contributed by atoms with E-state index >= 15 is 0 Å². The van der Waals surface area contributed by atoms with Crippen LogP contribution in [0.2, 0.25) is 0 Å². The summed E-state index contributed by atoms with van der Waals surface area (Å²) in [6.45, 7) is 2.21. The van der Waals surface area contributed by atoms with Crippen LogP contribution in [0.15, 0.2) is 28.7 Å². The van der Waals surface area contributed by atoms with Gasteiger partial charge in [0.2, 0.25) is 0 Å². The van der Waals surface area contributed by atoms with Crippen molar-refractivity contribution in [1.29, 1.82) is 0 Å². The minimum absolute atomic E-state index is 0. The van der Waals surface area contributed by atoms with Gasteiger partial charge in [0, 0.05) is 5.25 Å². The molecule has 0 nitrogen and oxygen atoms in total. The number of allylic oxidation sites excluding steroid dienone is 4. The van der Waals surface area contributed by atoms with Crippen LogP contribution >= 0.6 is 11.8 Å². The molecule has 4 heteroatoms. The average molecular weight is 297 g/mol. The third-order valence-corrected chi connectivity index (χ3v) is 2.55. The molecular formula is C8H7Cl2SZr. The molecule has 2 rings (SSSR count). The minimum Gasteiger partial charge on any atom is -1.00 e. The summed E-state index contributed by atoms with van der Waals surface area (Å²) >= 11 is 1.89. The number of rotatable bonds is 0. The number of halogens is 2. The molecule has 1 atom stereocenters. The smallest absolute Gasteiger partial charge is 1.00 e. The van der Waals surface area contributed by atoms with E-state index in [1.807, 2.05) is 17.8 Å². The van der Waals surface area contributed by atoms with E-state index in [-0.39, 0.29) is 51.0 Å². The van der Waals surface area contributed by atoms with Gasteiger partial charge < -0.3 is 24.8 Å². The first-order valence-corrected chi connectivity index (χ1v) is 3.93. The topological polar surface area (TPSA) is 0 Å². The van der Waals surface area contributed by atoms with Crippen molar-refractivity contribution in [2.24, 2.45) is 0 Å². The van der Waals surface area contributed by atoms with Crippen molar-refractivity contribution in [1.82, 2.24) is 0 Å². The van der Waals surface area contributed by atoms with E-state index in [1.165, 1.54) is 10.5 Å². The Morgan fingerprint density at radius 2 is 2.08 bits per heavy atom. The molecule has 0 aromatic rings. The van der Waals surface area contributed by atoms with Crippen molar-refractivity contribution in [2.75, 3.05) is 0 Å². The van der Waals surface area contributed by atoms with Crippen LogP contribution in [0.4, 0.5) is 0 Å². The van der Waals surface area contributed by atoms with Gasteiger partial charge in [-0.05, 0) is 0 Å². The Labute approximate surface area is 109 Å². The molecule has 0 aromatic carbocycles. The van der Waals surface area contributed by atoms with Gasteiger partial charge in [-0.2, -0.15) is 17.7 Å². The fourth-order valence-electron chi connectivity index (χ4n) is 1.07. The summed E-state index contributed by atoms with van der Waals surface area (Å²) in [4.78, 5) is 1.32. The maximum absolute atomic E-state index is 3.18. The van der Waals surface area contributed by atoms with Gasteiger partial charge in [0.15, 0.2) is 0 Å². The second-order valence-corrected chi connectivity index (χ2v) is 3.64. The maximum Gasteiger partial charge on any atom is 3.00 e. The molecule has 0 bridgehead atoms. The van der Waals surface area contributed by atoms with Crippen molar-refractivity contribution >= 4 is 11.8 Å². The molecule has 0 N–H and O–H groups in total. The van der Waals surface area contributed by atoms with Gasteiger partial charge in [0.1, 0.15) is 0 Å². The fourth-order valence-corrected chi connectivity index (χ4v) is 2.07. The summed E-state index contributed by atoms with van der Waals surface area (Å²) in [6.07, 6.45) is 9.56. The quantitative estimate of drug-likeness (QED) is 0.415. The first-order chi connectivity index (χ1) is 4.36. The van der Waals surface area contributed by atoms with Gasteiger partial charge in [0.25, 0.3) is 0 Å². The Morgan fingerprint density at radius 1 is 1.42 bits per heavy atom. The van der Waals surface area contributed by atoms with Gasteiger partial charge in [-0.15, -0.1) is 22.7 Å². The zero-order valence-corrected chi connectivity index (χ0v) is 11.3. The molecule has 0 spiro atoms. The van der Waals surface area contributed by atoms with Crippen molar-refractivity contribution in [3.05, 3.63) is 34.8 Å². The van der Waals surface area contributed by atoms with Gasteiger partial charge in [-0.25, -0.2) is 6.08 Å². The first-order valence-electron chi connectivity index (χ1n) is 3.05. The van der Waals surface area contributed by atoms with Crippen LogP contribution in [0.5, 0.6) is 0 Å². The maximum atomic E-state index is 3.18. The molecule has 1 aliphatic carbocycles. The van der Waals surface area contributed by atoms with Crippen LogP contribution in [0.3, 0.4) is 0 Å². The van der Waals surface area contributed by atoms with E-state index in [2.05, 4.69) is 25.2 Å². The van der Waals surface area contributed by atoms with Gasteiger partial charge in [0.05, 0.1) is 0 Å². The molecule has 1 radical (unpaired) electrons. The van der Waals surface area contributed by atoms with E-state index in [0.29, 0.717) is 5.25 Å². The predicted octanol–water partition coefficient (Wildman–Crippen LogP) is -3.69. The Hall–Kier alpha value is 1.03. The van der Waals surface area contributed by atoms with Crippen LogP contribution in [-0.2, 0) is 26.2 Å². The van der Waals surface area contributed by atoms with E-state index in [4.69, 9.17) is 0 Å². The SMILES string of the molecule is CC1C=C2C=C[C-]=C2S1.[Cl-].[Cl-].[Zr+3]. The molecular weight excluding hydrogens is 290 g/mol. The van der Waals surface area contributed by atoms with Crippen molar-refractivity contribution in [3.8, 4) is 0 Å². The summed E-state index contributed by atoms with van der Waals surface area (Å²) < 4.78 is 0. The van der Waals surface area contributed by atoms with Crippen molar-refractivity contribution < 1.29 is 51.0 Å². The van der Waals surface area contributed by atoms with Crippen LogP contribution in [-0.4, -0.2) is 5.25 Å². The summed E-state index contributed by atoms with van der Waals surface area (Å²) in [5.74, 6) is 0. The number of hydrogen-bond acceptors (Lipinski definition) is 1. The minimum atomic E-state index is 0. The van der Waals surface area contributed by atoms with E-state index in [1.54, 1.807) is 0 Å². The van der Waals surface area contributed by atoms with Crippen molar-refractivity contribution in [3.63, 3.8) is 0 Å². The molecule has 0 aromatic heterocycles. The number of fused-ring (bicyclic) bond motifs is 1. The summed E-state index contributed by atoms with van der Waals surface area (Å²) in [5, 5.41) is 0.660. The van der Waals surface area contributed by atoms with Gasteiger partial charge >= 0.3 is 26.2 Å². The normalized spacial score (nSPS) is 22.6. The third-order valence-electron chi connectivity index (χ3n) is 1.46. The summed E-state index contributed by atoms with van der Waals surface area (Å²) in [6, 6.07) is 0. The Morgan fingerprint density at radius 3 is 2.67 bits per heavy atom. The average Bonchev–Trinajstić information content (AvgIpc) is 2.22. The van der Waals surface area contributed by atoms with E-state index in [9.17, 15) is 0 Å². The van der Waals surface area contributed by atoms with Crippen molar-refractivity contribution in [2.45, 2.75) is 12.2 Å². The van der Waals surface area contributed by atoms with E-state index in [0.717, 1.165) is 0 Å². The molecule has 0 saturated carbocycles. The molecule has 1 aliphatic heterocycles. The number of thioether (sulfide) groups is 1. The molecule has 0 amide bonds. The molecule has 12 heavy (non-hydrogen) atoms. The zero-order chi connectivity index (χ0) is 6.27. The second kappa shape index (κ2) is 6.48. The molecule has 0 saturated heterocycles. The summed E-state index contributed by atoms with van der Waals surface area (Å²) in [7, 11) is 0. The predicted molar refractivity (Wildman–Crippen MR) is 41.0 cm³/mol. The molecule has 63 valence electrons. The monoisotopic (exact) mass is 295 g/mol. The number of hydrogen-bond donors (Lipinski definition) is 0. The van der Waals surface area contributed by atoms with Gasteiger partial charge in [-0.1, -0.05) is 6.92 Å². The summed E-state index contributed by atoms with van der Waals surface area (Å²) in [5.41, 5.74) is 1.37. The van der Waals surface area contributed by atoms with Crippen LogP contribution in [0.25, 0.3) is 0 Å². The second-order valence-electron chi connectivity index (χ2n) is 2.25. The largest absolute Gasteiger partial charge is 3.00 e. The van der Waals surface area contributed by atoms with Gasteiger partial charge in [-0.3, -0.25) is 0 Å². The molecule has 1 unspecified atom stereocenters. The standard InChI is InChI=1S/C8H7S.2ClH.Zr/c1-6-5-7-3-2-4-8(7)9-6;;;/h2-3,5-6H,1H3;2*1H;/q-1;;;+3/p-2. The Bertz CT molecular complexity index is 233. The van der Waals surface area contributed by atoms with Crippen LogP contribution in [0.1, 0.15) is 6.92 Å². The molecule has 2 aliphatic rings. The van der Waals surface area contributed by atoms with Crippen LogP contribution < -0.4 is 24.8 Å². The third kappa shape index (κ3) is 3.07. The molecule has 1 heterocycles. The van der Waals surface area contributed by atoms with Crippen LogP contribution in [0, 0.1) is 6.08 Å². The Balaban J connectivity index is 0. The van der Waals surface area contributed by atoms with E-state index < -0.39 is 0 Å². The molecule has 0 fully saturated rings. The first kappa shape index (κ1) is 15.5. The Kier molecular flexibility index (Phi) is 8.37.